The third-order valence-corrected chi connectivity index (χ3v) is 3.61. The number of piperazine rings is 1. The quantitative estimate of drug-likeness (QED) is 0.599. The maximum absolute atomic E-state index is 11.5. The Balaban J connectivity index is 1.92. The maximum atomic E-state index is 11.5. The van der Waals surface area contributed by atoms with Crippen molar-refractivity contribution in [3.05, 3.63) is 0 Å². The van der Waals surface area contributed by atoms with Crippen LogP contribution in [0.3, 0.4) is 0 Å². The number of rotatable bonds is 9. The van der Waals surface area contributed by atoms with Gasteiger partial charge in [0.1, 0.15) is 0 Å². The van der Waals surface area contributed by atoms with Gasteiger partial charge in [0.2, 0.25) is 5.91 Å². The molecule has 0 bridgehead atoms. The van der Waals surface area contributed by atoms with E-state index in [4.69, 9.17) is 5.11 Å². The molecule has 0 aromatic heterocycles. The minimum absolute atomic E-state index is 0.0359. The monoisotopic (exact) mass is 285 g/mol. The van der Waals surface area contributed by atoms with E-state index in [0.717, 1.165) is 39.1 Å². The molecule has 2 N–H and O–H groups in total. The molecule has 0 aromatic carbocycles. The summed E-state index contributed by atoms with van der Waals surface area (Å²) >= 11 is 0. The van der Waals surface area contributed by atoms with Gasteiger partial charge in [0.05, 0.1) is 0 Å². The largest absolute Gasteiger partial charge is 0.481 e. The first-order valence-corrected chi connectivity index (χ1v) is 7.47. The van der Waals surface area contributed by atoms with E-state index in [-0.39, 0.29) is 12.3 Å². The van der Waals surface area contributed by atoms with Crippen molar-refractivity contribution in [1.82, 2.24) is 15.1 Å². The number of likely N-dealkylation sites (N-methyl/N-ethyl adjacent to an activating group) is 1. The molecule has 1 heterocycles. The van der Waals surface area contributed by atoms with Crippen LogP contribution in [0.2, 0.25) is 0 Å². The number of carbonyl (C=O) groups is 2. The Morgan fingerprint density at radius 1 is 1.05 bits per heavy atom. The molecule has 0 unspecified atom stereocenters. The van der Waals surface area contributed by atoms with Gasteiger partial charge >= 0.3 is 5.97 Å². The van der Waals surface area contributed by atoms with E-state index in [0.29, 0.717) is 25.8 Å². The highest BCUT2D eigenvalue weighted by molar-refractivity contribution is 5.75. The second-order valence-electron chi connectivity index (χ2n) is 5.45. The van der Waals surface area contributed by atoms with Crippen molar-refractivity contribution in [2.45, 2.75) is 32.1 Å². The van der Waals surface area contributed by atoms with E-state index in [9.17, 15) is 9.59 Å². The average Bonchev–Trinajstić information content (AvgIpc) is 2.41. The highest BCUT2D eigenvalue weighted by atomic mass is 16.4. The molecule has 0 aliphatic carbocycles. The van der Waals surface area contributed by atoms with Crippen LogP contribution in [0.1, 0.15) is 32.1 Å². The molecule has 1 aliphatic heterocycles. The van der Waals surface area contributed by atoms with Crippen molar-refractivity contribution >= 4 is 11.9 Å². The normalized spacial score (nSPS) is 17.1. The van der Waals surface area contributed by atoms with Crippen molar-refractivity contribution in [2.24, 2.45) is 0 Å². The topological polar surface area (TPSA) is 72.9 Å². The molecule has 1 rings (SSSR count). The van der Waals surface area contributed by atoms with Crippen LogP contribution >= 0.6 is 0 Å². The fraction of sp³-hybridized carbons (Fsp3) is 0.857. The van der Waals surface area contributed by atoms with Gasteiger partial charge in [0.15, 0.2) is 0 Å². The second kappa shape index (κ2) is 9.72. The number of carboxylic acid groups (broad SMARTS) is 1. The van der Waals surface area contributed by atoms with Crippen LogP contribution in [0.5, 0.6) is 0 Å². The Morgan fingerprint density at radius 3 is 2.35 bits per heavy atom. The van der Waals surface area contributed by atoms with Gasteiger partial charge in [-0.3, -0.25) is 9.59 Å². The van der Waals surface area contributed by atoms with Crippen LogP contribution in [-0.4, -0.2) is 73.1 Å². The van der Waals surface area contributed by atoms with Crippen LogP contribution < -0.4 is 5.32 Å². The summed E-state index contributed by atoms with van der Waals surface area (Å²) in [6.45, 7) is 6.21. The summed E-state index contributed by atoms with van der Waals surface area (Å²) in [4.78, 5) is 26.6. The van der Waals surface area contributed by atoms with E-state index < -0.39 is 5.97 Å². The predicted molar refractivity (Wildman–Crippen MR) is 77.7 cm³/mol. The lowest BCUT2D eigenvalue weighted by atomic mass is 10.2. The van der Waals surface area contributed by atoms with E-state index in [2.05, 4.69) is 22.2 Å². The third kappa shape index (κ3) is 8.12. The van der Waals surface area contributed by atoms with Gasteiger partial charge < -0.3 is 20.2 Å². The lowest BCUT2D eigenvalue weighted by Crippen LogP contribution is -2.45. The highest BCUT2D eigenvalue weighted by Crippen LogP contribution is 2.01. The first-order chi connectivity index (χ1) is 9.58. The van der Waals surface area contributed by atoms with Crippen LogP contribution in [0.25, 0.3) is 0 Å². The number of nitrogens with zero attached hydrogens (tertiary/aromatic N) is 2. The zero-order chi connectivity index (χ0) is 14.8. The first kappa shape index (κ1) is 16.9. The van der Waals surface area contributed by atoms with Gasteiger partial charge in [0, 0.05) is 45.6 Å². The van der Waals surface area contributed by atoms with Crippen molar-refractivity contribution in [3.63, 3.8) is 0 Å². The summed E-state index contributed by atoms with van der Waals surface area (Å²) in [6.07, 6.45) is 2.78. The van der Waals surface area contributed by atoms with Crippen molar-refractivity contribution in [1.29, 1.82) is 0 Å². The van der Waals surface area contributed by atoms with Gasteiger partial charge in [-0.25, -0.2) is 0 Å². The van der Waals surface area contributed by atoms with Crippen LogP contribution in [0.4, 0.5) is 0 Å². The van der Waals surface area contributed by atoms with Crippen molar-refractivity contribution in [3.8, 4) is 0 Å². The second-order valence-corrected chi connectivity index (χ2v) is 5.45. The molecule has 1 amide bonds. The van der Waals surface area contributed by atoms with Gasteiger partial charge in [0.25, 0.3) is 0 Å². The summed E-state index contributed by atoms with van der Waals surface area (Å²) in [6, 6.07) is 0. The number of amides is 1. The Hall–Kier alpha value is -1.14. The maximum Gasteiger partial charge on any atom is 0.303 e. The summed E-state index contributed by atoms with van der Waals surface area (Å²) in [5, 5.41) is 11.4. The number of carboxylic acids is 1. The van der Waals surface area contributed by atoms with Gasteiger partial charge in [-0.1, -0.05) is 0 Å². The fourth-order valence-corrected chi connectivity index (χ4v) is 2.25. The predicted octanol–water partition coefficient (Wildman–Crippen LogP) is 0.385. The number of nitrogens with one attached hydrogen (secondary N) is 1. The number of aliphatic carboxylic acids is 1. The van der Waals surface area contributed by atoms with Crippen LogP contribution in [-0.2, 0) is 9.59 Å². The molecule has 6 nitrogen and oxygen atoms in total. The molecule has 0 spiro atoms. The summed E-state index contributed by atoms with van der Waals surface area (Å²) in [7, 11) is 2.14. The molecule has 0 atom stereocenters. The molecule has 0 saturated carbocycles. The lowest BCUT2D eigenvalue weighted by molar-refractivity contribution is -0.137. The molecular formula is C14H27N3O3. The van der Waals surface area contributed by atoms with Crippen LogP contribution in [0.15, 0.2) is 0 Å². The average molecular weight is 285 g/mol. The van der Waals surface area contributed by atoms with E-state index >= 15 is 0 Å². The zero-order valence-corrected chi connectivity index (χ0v) is 12.4. The molecule has 20 heavy (non-hydrogen) atoms. The molecular weight excluding hydrogens is 258 g/mol. The SMILES string of the molecule is CN1CCN(CCCNC(=O)CCCCC(=O)O)CC1. The minimum Gasteiger partial charge on any atom is -0.481 e. The molecule has 1 aliphatic rings. The summed E-state index contributed by atoms with van der Waals surface area (Å²) in [5.74, 6) is -0.758. The van der Waals surface area contributed by atoms with Gasteiger partial charge in [-0.05, 0) is 32.9 Å². The lowest BCUT2D eigenvalue weighted by Gasteiger charge is -2.32. The third-order valence-electron chi connectivity index (χ3n) is 3.61. The van der Waals surface area contributed by atoms with E-state index in [1.165, 1.54) is 0 Å². The minimum atomic E-state index is -0.794. The van der Waals surface area contributed by atoms with Gasteiger partial charge in [-0.2, -0.15) is 0 Å². The summed E-state index contributed by atoms with van der Waals surface area (Å²) in [5.41, 5.74) is 0. The fourth-order valence-electron chi connectivity index (χ4n) is 2.25. The zero-order valence-electron chi connectivity index (χ0n) is 12.4. The molecule has 1 fully saturated rings. The molecule has 0 aromatic rings. The Labute approximate surface area is 121 Å². The van der Waals surface area contributed by atoms with Crippen molar-refractivity contribution in [2.75, 3.05) is 46.3 Å². The van der Waals surface area contributed by atoms with Crippen molar-refractivity contribution < 1.29 is 14.7 Å². The molecule has 1 saturated heterocycles. The van der Waals surface area contributed by atoms with E-state index in [1.807, 2.05) is 0 Å². The Morgan fingerprint density at radius 2 is 1.70 bits per heavy atom. The smallest absolute Gasteiger partial charge is 0.303 e. The number of unbranched alkanes of at least 4 members (excludes halogenated alkanes) is 1. The molecule has 6 heteroatoms. The Bertz CT molecular complexity index is 302. The number of hydrogen-bond acceptors (Lipinski definition) is 4. The first-order valence-electron chi connectivity index (χ1n) is 7.47. The van der Waals surface area contributed by atoms with Crippen LogP contribution in [0, 0.1) is 0 Å². The molecule has 0 radical (unpaired) electrons. The standard InChI is InChI=1S/C14H27N3O3/c1-16-9-11-17(12-10-16)8-4-7-15-13(18)5-2-3-6-14(19)20/h2-12H2,1H3,(H,15,18)(H,19,20). The molecule has 116 valence electrons. The van der Waals surface area contributed by atoms with E-state index in [1.54, 1.807) is 0 Å². The number of carbonyl (C=O) groups excluding carboxylic acids is 1. The summed E-state index contributed by atoms with van der Waals surface area (Å²) < 4.78 is 0. The highest BCUT2D eigenvalue weighted by Gasteiger charge is 2.12. The number of hydrogen-bond donors (Lipinski definition) is 2. The van der Waals surface area contributed by atoms with Gasteiger partial charge in [-0.15, -0.1) is 0 Å². The Kier molecular flexibility index (Phi) is 8.22.